The Morgan fingerprint density at radius 3 is 2.94 bits per heavy atom. The Labute approximate surface area is 112 Å². The molecule has 1 aromatic carbocycles. The third-order valence-electron chi connectivity index (χ3n) is 2.45. The summed E-state index contributed by atoms with van der Waals surface area (Å²) in [7, 11) is 0. The van der Waals surface area contributed by atoms with Gasteiger partial charge in [0.1, 0.15) is 0 Å². The fourth-order valence-electron chi connectivity index (χ4n) is 1.52. The molecule has 3 N–H and O–H groups in total. The van der Waals surface area contributed by atoms with Gasteiger partial charge < -0.3 is 15.7 Å². The van der Waals surface area contributed by atoms with Crippen LogP contribution in [0.25, 0.3) is 0 Å². The number of aliphatic hydroxyl groups is 1. The molecule has 0 aliphatic carbocycles. The molecule has 0 aliphatic rings. The Morgan fingerprint density at radius 2 is 2.28 bits per heavy atom. The van der Waals surface area contributed by atoms with Gasteiger partial charge in [0.25, 0.3) is 0 Å². The van der Waals surface area contributed by atoms with Gasteiger partial charge in [0.2, 0.25) is 0 Å². The number of rotatable bonds is 6. The zero-order valence-electron chi connectivity index (χ0n) is 10.8. The number of urea groups is 1. The highest BCUT2D eigenvalue weighted by Crippen LogP contribution is 2.18. The first-order valence-electron chi connectivity index (χ1n) is 6.02. The van der Waals surface area contributed by atoms with Crippen LogP contribution in [0.3, 0.4) is 0 Å². The largest absolute Gasteiger partial charge is 0.391 e. The van der Waals surface area contributed by atoms with E-state index in [1.807, 2.05) is 37.4 Å². The zero-order valence-corrected chi connectivity index (χ0v) is 11.6. The van der Waals surface area contributed by atoms with E-state index in [2.05, 4.69) is 10.6 Å². The van der Waals surface area contributed by atoms with Crippen LogP contribution in [0.15, 0.2) is 29.2 Å². The zero-order chi connectivity index (χ0) is 13.4. The summed E-state index contributed by atoms with van der Waals surface area (Å²) < 4.78 is 0. The minimum absolute atomic E-state index is 0.280. The van der Waals surface area contributed by atoms with Gasteiger partial charge in [-0.3, -0.25) is 0 Å². The average molecular weight is 268 g/mol. The van der Waals surface area contributed by atoms with Gasteiger partial charge in [-0.1, -0.05) is 19.4 Å². The predicted octanol–water partition coefficient (Wildman–Crippen LogP) is 2.69. The Hall–Kier alpha value is -1.20. The summed E-state index contributed by atoms with van der Waals surface area (Å²) in [5, 5.41) is 14.9. The molecule has 0 saturated carbocycles. The van der Waals surface area contributed by atoms with E-state index in [9.17, 15) is 9.90 Å². The highest BCUT2D eigenvalue weighted by atomic mass is 32.2. The van der Waals surface area contributed by atoms with Gasteiger partial charge in [-0.25, -0.2) is 4.79 Å². The van der Waals surface area contributed by atoms with Gasteiger partial charge in [0.15, 0.2) is 0 Å². The molecule has 100 valence electrons. The predicted molar refractivity (Wildman–Crippen MR) is 76.2 cm³/mol. The maximum Gasteiger partial charge on any atom is 0.319 e. The Kier molecular flexibility index (Phi) is 6.60. The lowest BCUT2D eigenvalue weighted by atomic mass is 10.2. The van der Waals surface area contributed by atoms with Crippen LogP contribution in [0.4, 0.5) is 10.5 Å². The van der Waals surface area contributed by atoms with Crippen LogP contribution >= 0.6 is 11.8 Å². The number of nitrogens with one attached hydrogen (secondary N) is 2. The highest BCUT2D eigenvalue weighted by molar-refractivity contribution is 7.98. The van der Waals surface area contributed by atoms with Crippen LogP contribution < -0.4 is 10.6 Å². The molecule has 0 aromatic heterocycles. The topological polar surface area (TPSA) is 61.4 Å². The molecule has 0 spiro atoms. The number of hydrogen-bond donors (Lipinski definition) is 3. The first-order chi connectivity index (χ1) is 8.65. The molecule has 0 bridgehead atoms. The second-order valence-electron chi connectivity index (χ2n) is 4.01. The summed E-state index contributed by atoms with van der Waals surface area (Å²) in [6.45, 7) is 2.28. The molecule has 2 amide bonds. The van der Waals surface area contributed by atoms with E-state index in [4.69, 9.17) is 0 Å². The molecular formula is C13H20N2O2S. The van der Waals surface area contributed by atoms with Crippen LogP contribution in [0.2, 0.25) is 0 Å². The summed E-state index contributed by atoms with van der Waals surface area (Å²) in [5.74, 6) is 0. The van der Waals surface area contributed by atoms with E-state index >= 15 is 0 Å². The summed E-state index contributed by atoms with van der Waals surface area (Å²) in [4.78, 5) is 12.7. The van der Waals surface area contributed by atoms with Gasteiger partial charge in [-0.15, -0.1) is 11.8 Å². The molecule has 0 saturated heterocycles. The SMILES string of the molecule is CCCC(O)CNC(=O)Nc1cccc(SC)c1. The van der Waals surface area contributed by atoms with Crippen LogP contribution in [-0.2, 0) is 0 Å². The normalized spacial score (nSPS) is 11.9. The molecule has 1 rings (SSSR count). The molecule has 4 nitrogen and oxygen atoms in total. The first-order valence-corrected chi connectivity index (χ1v) is 7.25. The number of anilines is 1. The molecule has 1 aromatic rings. The number of aliphatic hydroxyl groups excluding tert-OH is 1. The molecule has 0 aliphatic heterocycles. The standard InChI is InChI=1S/C13H20N2O2S/c1-3-5-11(16)9-14-13(17)15-10-6-4-7-12(8-10)18-2/h4,6-8,11,16H,3,5,9H2,1-2H3,(H2,14,15,17). The van der Waals surface area contributed by atoms with E-state index in [-0.39, 0.29) is 12.6 Å². The third-order valence-corrected chi connectivity index (χ3v) is 3.17. The number of thioether (sulfide) groups is 1. The van der Waals surface area contributed by atoms with Gasteiger partial charge in [0.05, 0.1) is 6.10 Å². The minimum atomic E-state index is -0.474. The second kappa shape index (κ2) is 8.00. The summed E-state index contributed by atoms with van der Waals surface area (Å²) in [6, 6.07) is 7.34. The highest BCUT2D eigenvalue weighted by Gasteiger charge is 2.06. The lowest BCUT2D eigenvalue weighted by Crippen LogP contribution is -2.35. The minimum Gasteiger partial charge on any atom is -0.391 e. The summed E-state index contributed by atoms with van der Waals surface area (Å²) >= 11 is 1.62. The van der Waals surface area contributed by atoms with Crippen LogP contribution in [0, 0.1) is 0 Å². The van der Waals surface area contributed by atoms with E-state index < -0.39 is 6.10 Å². The third kappa shape index (κ3) is 5.42. The number of amides is 2. The fourth-order valence-corrected chi connectivity index (χ4v) is 1.98. The molecule has 18 heavy (non-hydrogen) atoms. The summed E-state index contributed by atoms with van der Waals surface area (Å²) in [6.07, 6.45) is 3.11. The van der Waals surface area contributed by atoms with Gasteiger partial charge >= 0.3 is 6.03 Å². The van der Waals surface area contributed by atoms with E-state index in [0.717, 1.165) is 17.0 Å². The van der Waals surface area contributed by atoms with Crippen molar-refractivity contribution in [3.8, 4) is 0 Å². The van der Waals surface area contributed by atoms with Gasteiger partial charge in [-0.05, 0) is 30.9 Å². The smallest absolute Gasteiger partial charge is 0.319 e. The van der Waals surface area contributed by atoms with Crippen molar-refractivity contribution >= 4 is 23.5 Å². The van der Waals surface area contributed by atoms with Crippen molar-refractivity contribution < 1.29 is 9.90 Å². The molecule has 1 unspecified atom stereocenters. The van der Waals surface area contributed by atoms with Gasteiger partial charge in [0, 0.05) is 17.1 Å². The number of carbonyl (C=O) groups is 1. The summed E-state index contributed by atoms with van der Waals surface area (Å²) in [5.41, 5.74) is 0.754. The number of benzene rings is 1. The molecule has 0 fully saturated rings. The van der Waals surface area contributed by atoms with Crippen molar-refractivity contribution in [3.63, 3.8) is 0 Å². The fraction of sp³-hybridized carbons (Fsp3) is 0.462. The maximum absolute atomic E-state index is 11.6. The van der Waals surface area contributed by atoms with Crippen molar-refractivity contribution in [1.82, 2.24) is 5.32 Å². The molecule has 0 heterocycles. The Balaban J connectivity index is 2.39. The molecule has 5 heteroatoms. The second-order valence-corrected chi connectivity index (χ2v) is 4.89. The van der Waals surface area contributed by atoms with E-state index in [0.29, 0.717) is 6.42 Å². The molecule has 1 atom stereocenters. The lowest BCUT2D eigenvalue weighted by molar-refractivity contribution is 0.162. The Bertz CT molecular complexity index is 385. The monoisotopic (exact) mass is 268 g/mol. The van der Waals surface area contributed by atoms with E-state index in [1.54, 1.807) is 11.8 Å². The first kappa shape index (κ1) is 14.9. The molecule has 0 radical (unpaired) electrons. The van der Waals surface area contributed by atoms with Crippen molar-refractivity contribution in [2.24, 2.45) is 0 Å². The van der Waals surface area contributed by atoms with Crippen molar-refractivity contribution in [3.05, 3.63) is 24.3 Å². The van der Waals surface area contributed by atoms with Crippen molar-refractivity contribution in [2.45, 2.75) is 30.8 Å². The molecular weight excluding hydrogens is 248 g/mol. The van der Waals surface area contributed by atoms with Crippen molar-refractivity contribution in [2.75, 3.05) is 18.1 Å². The number of hydrogen-bond acceptors (Lipinski definition) is 3. The van der Waals surface area contributed by atoms with Crippen LogP contribution in [0.1, 0.15) is 19.8 Å². The van der Waals surface area contributed by atoms with Gasteiger partial charge in [-0.2, -0.15) is 0 Å². The lowest BCUT2D eigenvalue weighted by Gasteiger charge is -2.12. The van der Waals surface area contributed by atoms with E-state index in [1.165, 1.54) is 0 Å². The quantitative estimate of drug-likeness (QED) is 0.695. The van der Waals surface area contributed by atoms with Crippen molar-refractivity contribution in [1.29, 1.82) is 0 Å². The van der Waals surface area contributed by atoms with Crippen LogP contribution in [-0.4, -0.2) is 30.0 Å². The number of carbonyl (C=O) groups excluding carboxylic acids is 1. The maximum atomic E-state index is 11.6. The average Bonchev–Trinajstić information content (AvgIpc) is 2.37. The van der Waals surface area contributed by atoms with Crippen LogP contribution in [0.5, 0.6) is 0 Å². The Morgan fingerprint density at radius 1 is 1.50 bits per heavy atom.